The molecule has 0 amide bonds. The van der Waals surface area contributed by atoms with Gasteiger partial charge in [0.1, 0.15) is 0 Å². The average molecular weight is 271 g/mol. The molecule has 4 heteroatoms. The van der Waals surface area contributed by atoms with Crippen LogP contribution in [0.1, 0.15) is 37.1 Å². The summed E-state index contributed by atoms with van der Waals surface area (Å²) in [4.78, 5) is 4.27. The van der Waals surface area contributed by atoms with E-state index in [2.05, 4.69) is 28.6 Å². The Bertz CT molecular complexity index is 558. The van der Waals surface area contributed by atoms with Crippen molar-refractivity contribution in [1.82, 2.24) is 9.55 Å². The van der Waals surface area contributed by atoms with Crippen LogP contribution >= 0.6 is 0 Å². The van der Waals surface area contributed by atoms with E-state index in [4.69, 9.17) is 10.5 Å². The molecule has 2 unspecified atom stereocenters. The Morgan fingerprint density at radius 3 is 2.90 bits per heavy atom. The highest BCUT2D eigenvalue weighted by atomic mass is 16.5. The highest BCUT2D eigenvalue weighted by Crippen LogP contribution is 2.28. The van der Waals surface area contributed by atoms with Crippen LogP contribution in [0.4, 0.5) is 0 Å². The zero-order chi connectivity index (χ0) is 14.0. The molecule has 3 rings (SSSR count). The molecule has 0 aliphatic carbocycles. The lowest BCUT2D eigenvalue weighted by Crippen LogP contribution is -2.31. The van der Waals surface area contributed by atoms with E-state index < -0.39 is 0 Å². The Hall–Kier alpha value is -1.65. The molecule has 1 aliphatic heterocycles. The molecule has 2 aromatic rings. The van der Waals surface area contributed by atoms with Crippen LogP contribution in [-0.4, -0.2) is 21.8 Å². The van der Waals surface area contributed by atoms with E-state index in [-0.39, 0.29) is 11.6 Å². The number of imidazole rings is 1. The molecule has 1 fully saturated rings. The summed E-state index contributed by atoms with van der Waals surface area (Å²) in [6.07, 6.45) is 5.93. The molecule has 1 aromatic heterocycles. The Morgan fingerprint density at radius 1 is 1.40 bits per heavy atom. The number of benzene rings is 1. The minimum Gasteiger partial charge on any atom is -0.373 e. The molecule has 0 saturated carbocycles. The lowest BCUT2D eigenvalue weighted by Gasteiger charge is -2.25. The molecule has 1 aromatic carbocycles. The highest BCUT2D eigenvalue weighted by Gasteiger charge is 2.31. The first-order chi connectivity index (χ1) is 9.68. The van der Waals surface area contributed by atoms with Crippen molar-refractivity contribution in [3.63, 3.8) is 0 Å². The van der Waals surface area contributed by atoms with Gasteiger partial charge in [0.25, 0.3) is 0 Å². The van der Waals surface area contributed by atoms with E-state index in [9.17, 15) is 0 Å². The smallest absolute Gasteiger partial charge is 0.0949 e. The maximum absolute atomic E-state index is 6.38. The number of nitrogens with two attached hydrogens (primary N) is 1. The fourth-order valence-electron chi connectivity index (χ4n) is 2.88. The summed E-state index contributed by atoms with van der Waals surface area (Å²) in [7, 11) is 0. The number of ether oxygens (including phenoxy) is 1. The molecule has 1 aliphatic rings. The Labute approximate surface area is 119 Å². The van der Waals surface area contributed by atoms with Crippen LogP contribution in [0.3, 0.4) is 0 Å². The molecule has 1 saturated heterocycles. The number of hydrogen-bond donors (Lipinski definition) is 1. The van der Waals surface area contributed by atoms with Gasteiger partial charge >= 0.3 is 0 Å². The van der Waals surface area contributed by atoms with Crippen LogP contribution < -0.4 is 5.73 Å². The first-order valence-corrected chi connectivity index (χ1v) is 7.12. The Morgan fingerprint density at radius 2 is 2.20 bits per heavy atom. The minimum atomic E-state index is -0.149. The second kappa shape index (κ2) is 5.38. The van der Waals surface area contributed by atoms with Crippen LogP contribution in [0, 0.1) is 0 Å². The number of nitrogens with zero attached hydrogens (tertiary/aromatic N) is 2. The molecule has 20 heavy (non-hydrogen) atoms. The third kappa shape index (κ3) is 2.62. The predicted octanol–water partition coefficient (Wildman–Crippen LogP) is 2.50. The van der Waals surface area contributed by atoms with Gasteiger partial charge in [0.05, 0.1) is 36.4 Å². The summed E-state index contributed by atoms with van der Waals surface area (Å²) in [6, 6.07) is 9.98. The number of rotatable bonds is 4. The quantitative estimate of drug-likeness (QED) is 0.929. The van der Waals surface area contributed by atoms with Gasteiger partial charge in [-0.3, -0.25) is 0 Å². The molecule has 106 valence electrons. The molecular weight excluding hydrogens is 250 g/mol. The zero-order valence-electron chi connectivity index (χ0n) is 11.8. The topological polar surface area (TPSA) is 53.1 Å². The van der Waals surface area contributed by atoms with E-state index >= 15 is 0 Å². The molecule has 0 bridgehead atoms. The van der Waals surface area contributed by atoms with E-state index in [1.807, 2.05) is 30.7 Å². The molecule has 2 N–H and O–H groups in total. The third-order valence-electron chi connectivity index (χ3n) is 4.03. The summed E-state index contributed by atoms with van der Waals surface area (Å²) >= 11 is 0. The molecule has 0 radical (unpaired) electrons. The number of aromatic nitrogens is 2. The van der Waals surface area contributed by atoms with Crippen LogP contribution in [0.2, 0.25) is 0 Å². The van der Waals surface area contributed by atoms with Crippen molar-refractivity contribution in [1.29, 1.82) is 0 Å². The van der Waals surface area contributed by atoms with Gasteiger partial charge in [-0.1, -0.05) is 30.3 Å². The van der Waals surface area contributed by atoms with E-state index in [0.29, 0.717) is 0 Å². The molecule has 4 nitrogen and oxygen atoms in total. The third-order valence-corrected chi connectivity index (χ3v) is 4.03. The fraction of sp³-hybridized carbons (Fsp3) is 0.438. The average Bonchev–Trinajstić information content (AvgIpc) is 3.09. The first-order valence-electron chi connectivity index (χ1n) is 7.12. The second-order valence-electron chi connectivity index (χ2n) is 5.74. The summed E-state index contributed by atoms with van der Waals surface area (Å²) in [5, 5.41) is 0. The monoisotopic (exact) mass is 271 g/mol. The second-order valence-corrected chi connectivity index (χ2v) is 5.74. The van der Waals surface area contributed by atoms with Crippen molar-refractivity contribution < 1.29 is 4.74 Å². The van der Waals surface area contributed by atoms with Gasteiger partial charge in [-0.15, -0.1) is 0 Å². The Balaban J connectivity index is 1.83. The standard InChI is InChI=1S/C16H21N3O/c1-16(8-5-9-20-16)11-19-12-18-10-14(19)15(17)13-6-3-2-4-7-13/h2-4,6-7,10,12,15H,5,8-9,11,17H2,1H3. The maximum atomic E-state index is 6.38. The largest absolute Gasteiger partial charge is 0.373 e. The maximum Gasteiger partial charge on any atom is 0.0949 e. The van der Waals surface area contributed by atoms with Crippen molar-refractivity contribution in [2.24, 2.45) is 5.73 Å². The van der Waals surface area contributed by atoms with Gasteiger partial charge in [-0.05, 0) is 25.3 Å². The summed E-state index contributed by atoms with van der Waals surface area (Å²) < 4.78 is 7.99. The lowest BCUT2D eigenvalue weighted by molar-refractivity contribution is 0.00558. The first kappa shape index (κ1) is 13.3. The zero-order valence-corrected chi connectivity index (χ0v) is 11.8. The Kier molecular flexibility index (Phi) is 3.59. The van der Waals surface area contributed by atoms with Gasteiger partial charge in [-0.2, -0.15) is 0 Å². The van der Waals surface area contributed by atoms with Crippen molar-refractivity contribution in [2.45, 2.75) is 38.0 Å². The van der Waals surface area contributed by atoms with Crippen molar-refractivity contribution in [3.05, 3.63) is 54.1 Å². The molecule has 0 spiro atoms. The summed E-state index contributed by atoms with van der Waals surface area (Å²) in [6.45, 7) is 3.83. The van der Waals surface area contributed by atoms with Crippen LogP contribution in [0.15, 0.2) is 42.9 Å². The molecule has 2 heterocycles. The van der Waals surface area contributed by atoms with Crippen LogP contribution in [-0.2, 0) is 11.3 Å². The van der Waals surface area contributed by atoms with Crippen LogP contribution in [0.5, 0.6) is 0 Å². The van der Waals surface area contributed by atoms with Gasteiger partial charge in [-0.25, -0.2) is 4.98 Å². The highest BCUT2D eigenvalue weighted by molar-refractivity contribution is 5.26. The summed E-state index contributed by atoms with van der Waals surface area (Å²) in [5.74, 6) is 0. The van der Waals surface area contributed by atoms with Crippen molar-refractivity contribution in [3.8, 4) is 0 Å². The minimum absolute atomic E-state index is 0.0914. The van der Waals surface area contributed by atoms with Gasteiger partial charge < -0.3 is 15.0 Å². The fourth-order valence-corrected chi connectivity index (χ4v) is 2.88. The van der Waals surface area contributed by atoms with Gasteiger partial charge in [0.15, 0.2) is 0 Å². The molecule has 2 atom stereocenters. The predicted molar refractivity (Wildman–Crippen MR) is 78.3 cm³/mol. The van der Waals surface area contributed by atoms with E-state index in [1.54, 1.807) is 0 Å². The lowest BCUT2D eigenvalue weighted by atomic mass is 10.0. The van der Waals surface area contributed by atoms with E-state index in [1.165, 1.54) is 0 Å². The van der Waals surface area contributed by atoms with Crippen molar-refractivity contribution >= 4 is 0 Å². The van der Waals surface area contributed by atoms with Gasteiger partial charge in [0.2, 0.25) is 0 Å². The number of hydrogen-bond acceptors (Lipinski definition) is 3. The van der Waals surface area contributed by atoms with E-state index in [0.717, 1.165) is 37.3 Å². The normalized spacial score (nSPS) is 23.9. The SMILES string of the molecule is CC1(Cn2cncc2C(N)c2ccccc2)CCCO1. The van der Waals surface area contributed by atoms with Gasteiger partial charge in [0, 0.05) is 6.61 Å². The summed E-state index contributed by atoms with van der Waals surface area (Å²) in [5.41, 5.74) is 8.42. The van der Waals surface area contributed by atoms with Crippen LogP contribution in [0.25, 0.3) is 0 Å². The van der Waals surface area contributed by atoms with Crippen molar-refractivity contribution in [2.75, 3.05) is 6.61 Å². The molecular formula is C16H21N3O.